The highest BCUT2D eigenvalue weighted by Crippen LogP contribution is 2.22. The highest BCUT2D eigenvalue weighted by Gasteiger charge is 2.13. The van der Waals surface area contributed by atoms with Gasteiger partial charge in [-0.05, 0) is 65.5 Å². The molecule has 0 saturated heterocycles. The van der Waals surface area contributed by atoms with Crippen LogP contribution in [-0.2, 0) is 6.42 Å². The van der Waals surface area contributed by atoms with Crippen molar-refractivity contribution in [2.75, 3.05) is 0 Å². The molecular weight excluding hydrogens is 394 g/mol. The Balaban J connectivity index is 2.04. The van der Waals surface area contributed by atoms with Gasteiger partial charge in [0.2, 0.25) is 0 Å². The van der Waals surface area contributed by atoms with Crippen LogP contribution < -0.4 is 5.32 Å². The van der Waals surface area contributed by atoms with Crippen molar-refractivity contribution in [1.82, 2.24) is 5.32 Å². The topological polar surface area (TPSA) is 29.1 Å². The molecule has 0 radical (unpaired) electrons. The van der Waals surface area contributed by atoms with E-state index in [-0.39, 0.29) is 11.9 Å². The van der Waals surface area contributed by atoms with Crippen LogP contribution in [0.4, 0.5) is 0 Å². The van der Waals surface area contributed by atoms with Crippen molar-refractivity contribution in [2.45, 2.75) is 26.3 Å². The zero-order valence-electron chi connectivity index (χ0n) is 12.0. The van der Waals surface area contributed by atoms with E-state index in [4.69, 9.17) is 0 Å². The van der Waals surface area contributed by atoms with Gasteiger partial charge in [-0.15, -0.1) is 0 Å². The molecule has 0 aliphatic carbocycles. The lowest BCUT2D eigenvalue weighted by Crippen LogP contribution is -2.34. The summed E-state index contributed by atoms with van der Waals surface area (Å²) < 4.78 is 1.73. The lowest BCUT2D eigenvalue weighted by Gasteiger charge is -2.16. The van der Waals surface area contributed by atoms with Gasteiger partial charge in [0.05, 0.1) is 5.56 Å². The van der Waals surface area contributed by atoms with Crippen LogP contribution >= 0.6 is 31.9 Å². The van der Waals surface area contributed by atoms with Gasteiger partial charge in [0.25, 0.3) is 5.91 Å². The molecule has 21 heavy (non-hydrogen) atoms. The summed E-state index contributed by atoms with van der Waals surface area (Å²) in [6, 6.07) is 13.9. The molecule has 1 atom stereocenters. The van der Waals surface area contributed by atoms with Gasteiger partial charge in [-0.1, -0.05) is 40.2 Å². The van der Waals surface area contributed by atoms with E-state index in [9.17, 15) is 4.79 Å². The third kappa shape index (κ3) is 4.42. The first-order chi connectivity index (χ1) is 9.97. The Bertz CT molecular complexity index is 655. The second-order valence-electron chi connectivity index (χ2n) is 5.13. The monoisotopic (exact) mass is 409 g/mol. The summed E-state index contributed by atoms with van der Waals surface area (Å²) in [5.41, 5.74) is 3.17. The fourth-order valence-corrected chi connectivity index (χ4v) is 3.42. The lowest BCUT2D eigenvalue weighted by molar-refractivity contribution is 0.0939. The van der Waals surface area contributed by atoms with E-state index in [0.29, 0.717) is 5.56 Å². The molecule has 0 heterocycles. The first kappa shape index (κ1) is 16.2. The van der Waals surface area contributed by atoms with Crippen LogP contribution in [0.3, 0.4) is 0 Å². The third-order valence-corrected chi connectivity index (χ3v) is 4.49. The van der Waals surface area contributed by atoms with E-state index in [0.717, 1.165) is 15.4 Å². The van der Waals surface area contributed by atoms with Gasteiger partial charge in [0.15, 0.2) is 0 Å². The normalized spacial score (nSPS) is 12.0. The van der Waals surface area contributed by atoms with Crippen LogP contribution in [-0.4, -0.2) is 11.9 Å². The summed E-state index contributed by atoms with van der Waals surface area (Å²) in [4.78, 5) is 12.3. The highest BCUT2D eigenvalue weighted by molar-refractivity contribution is 9.11. The van der Waals surface area contributed by atoms with E-state index in [1.807, 2.05) is 37.3 Å². The molecule has 1 amide bonds. The number of amides is 1. The number of carbonyl (C=O) groups is 1. The average Bonchev–Trinajstić information content (AvgIpc) is 2.41. The SMILES string of the molecule is Cc1ccccc1CC(C)NC(=O)c1ccc(Br)cc1Br. The molecule has 1 N–H and O–H groups in total. The Morgan fingerprint density at radius 1 is 1.19 bits per heavy atom. The van der Waals surface area contributed by atoms with Gasteiger partial charge in [-0.3, -0.25) is 4.79 Å². The summed E-state index contributed by atoms with van der Waals surface area (Å²) in [5, 5.41) is 3.05. The van der Waals surface area contributed by atoms with Gasteiger partial charge in [-0.25, -0.2) is 0 Å². The number of benzene rings is 2. The quantitative estimate of drug-likeness (QED) is 0.764. The van der Waals surface area contributed by atoms with Gasteiger partial charge >= 0.3 is 0 Å². The predicted molar refractivity (Wildman–Crippen MR) is 93.7 cm³/mol. The summed E-state index contributed by atoms with van der Waals surface area (Å²) in [5.74, 6) is -0.0598. The molecule has 0 aromatic heterocycles. The number of hydrogen-bond donors (Lipinski definition) is 1. The molecule has 110 valence electrons. The van der Waals surface area contributed by atoms with Crippen LogP contribution in [0.15, 0.2) is 51.4 Å². The van der Waals surface area contributed by atoms with Crippen LogP contribution in [0.2, 0.25) is 0 Å². The van der Waals surface area contributed by atoms with Crippen molar-refractivity contribution >= 4 is 37.8 Å². The Labute approximate surface area is 142 Å². The van der Waals surface area contributed by atoms with Crippen LogP contribution in [0.5, 0.6) is 0 Å². The molecule has 0 bridgehead atoms. The van der Waals surface area contributed by atoms with Gasteiger partial charge in [0.1, 0.15) is 0 Å². The van der Waals surface area contributed by atoms with E-state index >= 15 is 0 Å². The number of rotatable bonds is 4. The Morgan fingerprint density at radius 2 is 1.90 bits per heavy atom. The first-order valence-corrected chi connectivity index (χ1v) is 8.36. The number of nitrogens with one attached hydrogen (secondary N) is 1. The smallest absolute Gasteiger partial charge is 0.252 e. The van der Waals surface area contributed by atoms with Gasteiger partial charge in [0, 0.05) is 15.0 Å². The number of hydrogen-bond acceptors (Lipinski definition) is 1. The maximum atomic E-state index is 12.3. The van der Waals surface area contributed by atoms with Crippen molar-refractivity contribution < 1.29 is 4.79 Å². The summed E-state index contributed by atoms with van der Waals surface area (Å²) in [6.45, 7) is 4.12. The predicted octanol–water partition coefficient (Wildman–Crippen LogP) is 4.88. The number of halogens is 2. The van der Waals surface area contributed by atoms with Gasteiger partial charge < -0.3 is 5.32 Å². The molecule has 0 aliphatic rings. The van der Waals surface area contributed by atoms with E-state index in [1.54, 1.807) is 0 Å². The minimum atomic E-state index is -0.0598. The van der Waals surface area contributed by atoms with Crippen LogP contribution in [0, 0.1) is 6.92 Å². The summed E-state index contributed by atoms with van der Waals surface area (Å²) in [6.07, 6.45) is 0.826. The van der Waals surface area contributed by atoms with E-state index in [2.05, 4.69) is 56.2 Å². The minimum absolute atomic E-state index is 0.0598. The molecular formula is C17H17Br2NO. The molecule has 0 spiro atoms. The maximum absolute atomic E-state index is 12.3. The Hall–Kier alpha value is -1.13. The van der Waals surface area contributed by atoms with Crippen LogP contribution in [0.25, 0.3) is 0 Å². The Kier molecular flexibility index (Phi) is 5.59. The van der Waals surface area contributed by atoms with Crippen molar-refractivity contribution in [3.63, 3.8) is 0 Å². The summed E-state index contributed by atoms with van der Waals surface area (Å²) >= 11 is 6.81. The van der Waals surface area contributed by atoms with Gasteiger partial charge in [-0.2, -0.15) is 0 Å². The largest absolute Gasteiger partial charge is 0.349 e. The van der Waals surface area contributed by atoms with Crippen molar-refractivity contribution in [3.8, 4) is 0 Å². The zero-order chi connectivity index (χ0) is 15.4. The molecule has 2 nitrogen and oxygen atoms in total. The van der Waals surface area contributed by atoms with Crippen molar-refractivity contribution in [1.29, 1.82) is 0 Å². The van der Waals surface area contributed by atoms with Crippen molar-refractivity contribution in [2.24, 2.45) is 0 Å². The average molecular weight is 411 g/mol. The van der Waals surface area contributed by atoms with Crippen LogP contribution in [0.1, 0.15) is 28.4 Å². The molecule has 0 aliphatic heterocycles. The second kappa shape index (κ2) is 7.23. The fraction of sp³-hybridized carbons (Fsp3) is 0.235. The van der Waals surface area contributed by atoms with Crippen molar-refractivity contribution in [3.05, 3.63) is 68.1 Å². The minimum Gasteiger partial charge on any atom is -0.349 e. The standard InChI is InChI=1S/C17H17Br2NO/c1-11-5-3-4-6-13(11)9-12(2)20-17(21)15-8-7-14(18)10-16(15)19/h3-8,10,12H,9H2,1-2H3,(H,20,21). The maximum Gasteiger partial charge on any atom is 0.252 e. The summed E-state index contributed by atoms with van der Waals surface area (Å²) in [7, 11) is 0. The molecule has 4 heteroatoms. The van der Waals surface area contributed by atoms with E-state index < -0.39 is 0 Å². The molecule has 2 rings (SSSR count). The molecule has 1 unspecified atom stereocenters. The molecule has 0 fully saturated rings. The fourth-order valence-electron chi connectivity index (χ4n) is 2.20. The number of aryl methyl sites for hydroxylation is 1. The van der Waals surface area contributed by atoms with E-state index in [1.165, 1.54) is 11.1 Å². The molecule has 0 saturated carbocycles. The second-order valence-corrected chi connectivity index (χ2v) is 6.90. The lowest BCUT2D eigenvalue weighted by atomic mass is 10.0. The number of carbonyl (C=O) groups excluding carboxylic acids is 1. The molecule has 2 aromatic rings. The Morgan fingerprint density at radius 3 is 2.57 bits per heavy atom. The highest BCUT2D eigenvalue weighted by atomic mass is 79.9. The third-order valence-electron chi connectivity index (χ3n) is 3.34. The first-order valence-electron chi connectivity index (χ1n) is 6.78. The molecule has 2 aromatic carbocycles. The zero-order valence-corrected chi connectivity index (χ0v) is 15.2.